The molecule has 0 aliphatic rings. The molecule has 1 heterocycles. The van der Waals surface area contributed by atoms with Gasteiger partial charge >= 0.3 is 12.2 Å². The summed E-state index contributed by atoms with van der Waals surface area (Å²) in [5, 5.41) is 17.5. The van der Waals surface area contributed by atoms with Gasteiger partial charge in [0.15, 0.2) is 5.13 Å². The van der Waals surface area contributed by atoms with Gasteiger partial charge in [-0.1, -0.05) is 42.0 Å². The molecule has 3 N–H and O–H groups in total. The lowest BCUT2D eigenvalue weighted by Gasteiger charge is -2.19. The second-order valence-electron chi connectivity index (χ2n) is 10.8. The molecular weight excluding hydrogens is 552 g/mol. The number of thiazole rings is 1. The highest BCUT2D eigenvalue weighted by atomic mass is 32.1. The zero-order valence-electron chi connectivity index (χ0n) is 24.2. The third-order valence-electron chi connectivity index (χ3n) is 6.28. The molecule has 0 unspecified atom stereocenters. The zero-order valence-corrected chi connectivity index (χ0v) is 25.0. The predicted molar refractivity (Wildman–Crippen MR) is 167 cm³/mol. The molecule has 0 radical (unpaired) electrons. The van der Waals surface area contributed by atoms with Crippen LogP contribution in [0, 0.1) is 13.8 Å². The number of carbonyl (C=O) groups excluding carboxylic acids is 2. The summed E-state index contributed by atoms with van der Waals surface area (Å²) in [7, 11) is 0. The number of aromatic nitrogens is 1. The molecule has 4 aromatic rings. The third-order valence-corrected chi connectivity index (χ3v) is 7.08. The van der Waals surface area contributed by atoms with Crippen LogP contribution in [0.4, 0.5) is 26.1 Å². The highest BCUT2D eigenvalue weighted by molar-refractivity contribution is 7.13. The van der Waals surface area contributed by atoms with Crippen molar-refractivity contribution in [3.63, 3.8) is 0 Å². The first-order valence-electron chi connectivity index (χ1n) is 13.4. The number of carboxylic acid groups (broad SMARTS) is 1. The van der Waals surface area contributed by atoms with Gasteiger partial charge in [-0.3, -0.25) is 15.0 Å². The first kappa shape index (κ1) is 30.3. The summed E-state index contributed by atoms with van der Waals surface area (Å²) in [4.78, 5) is 42.9. The molecule has 3 aromatic carbocycles. The minimum absolute atomic E-state index is 0.153. The molecule has 0 spiro atoms. The lowest BCUT2D eigenvalue weighted by atomic mass is 9.94. The van der Waals surface area contributed by atoms with Gasteiger partial charge in [0.05, 0.1) is 5.69 Å². The van der Waals surface area contributed by atoms with Crippen molar-refractivity contribution in [1.29, 1.82) is 0 Å². The maximum atomic E-state index is 13.3. The Morgan fingerprint density at radius 1 is 0.952 bits per heavy atom. The van der Waals surface area contributed by atoms with Gasteiger partial charge in [0.25, 0.3) is 5.91 Å². The number of hydrogen-bond donors (Lipinski definition) is 3. The van der Waals surface area contributed by atoms with E-state index in [2.05, 4.69) is 15.6 Å². The van der Waals surface area contributed by atoms with Crippen molar-refractivity contribution in [2.24, 2.45) is 0 Å². The molecule has 0 saturated heterocycles. The fourth-order valence-corrected chi connectivity index (χ4v) is 5.05. The average molecular weight is 587 g/mol. The van der Waals surface area contributed by atoms with E-state index >= 15 is 0 Å². The number of nitrogens with zero attached hydrogens (tertiary/aromatic N) is 2. The number of amides is 3. The molecule has 3 amide bonds. The smallest absolute Gasteiger partial charge is 0.413 e. The van der Waals surface area contributed by atoms with Crippen LogP contribution in [0.25, 0.3) is 11.1 Å². The number of aryl methyl sites for hydroxylation is 2. The van der Waals surface area contributed by atoms with Crippen LogP contribution in [0.5, 0.6) is 0 Å². The van der Waals surface area contributed by atoms with E-state index in [1.165, 1.54) is 16.2 Å². The summed E-state index contributed by atoms with van der Waals surface area (Å²) in [6.07, 6.45) is -1.37. The number of hydrogen-bond acceptors (Lipinski definition) is 6. The second-order valence-corrected chi connectivity index (χ2v) is 11.7. The van der Waals surface area contributed by atoms with E-state index in [1.807, 2.05) is 50.2 Å². The highest BCUT2D eigenvalue weighted by Gasteiger charge is 2.19. The number of carbonyl (C=O) groups is 3. The first-order valence-corrected chi connectivity index (χ1v) is 14.3. The molecule has 1 aromatic heterocycles. The van der Waals surface area contributed by atoms with Crippen molar-refractivity contribution < 1.29 is 24.2 Å². The van der Waals surface area contributed by atoms with Crippen LogP contribution in [0.15, 0.2) is 72.1 Å². The normalized spacial score (nSPS) is 11.1. The van der Waals surface area contributed by atoms with Gasteiger partial charge in [0.2, 0.25) is 0 Å². The van der Waals surface area contributed by atoms with Crippen LogP contribution >= 0.6 is 11.3 Å². The topological polar surface area (TPSA) is 121 Å². The standard InChI is InChI=1S/C32H34N4O5S/c1-20-9-11-22(12-10-20)27-21(2)7-6-8-26(27)28(37)33-23-13-15-25(16-14-23)36(31(39)40)18-17-24-19-42-29(34-24)35-30(38)41-32(3,4)5/h6-16,19H,17-18H2,1-5H3,(H,33,37)(H,39,40)(H,34,35,38). The van der Waals surface area contributed by atoms with E-state index in [-0.39, 0.29) is 12.5 Å². The summed E-state index contributed by atoms with van der Waals surface area (Å²) in [5.74, 6) is -0.253. The van der Waals surface area contributed by atoms with Gasteiger partial charge in [0, 0.05) is 35.3 Å². The van der Waals surface area contributed by atoms with Crippen molar-refractivity contribution >= 4 is 45.9 Å². The van der Waals surface area contributed by atoms with Crippen LogP contribution in [0.1, 0.15) is 48.0 Å². The summed E-state index contributed by atoms with van der Waals surface area (Å²) < 4.78 is 5.24. The van der Waals surface area contributed by atoms with Gasteiger partial charge in [-0.25, -0.2) is 14.6 Å². The number of anilines is 3. The number of ether oxygens (including phenoxy) is 1. The fraction of sp³-hybridized carbons (Fsp3) is 0.250. The van der Waals surface area contributed by atoms with Gasteiger partial charge in [-0.15, -0.1) is 11.3 Å². The Morgan fingerprint density at radius 3 is 2.29 bits per heavy atom. The predicted octanol–water partition coefficient (Wildman–Crippen LogP) is 7.75. The Balaban J connectivity index is 1.41. The van der Waals surface area contributed by atoms with E-state index < -0.39 is 17.8 Å². The highest BCUT2D eigenvalue weighted by Crippen LogP contribution is 2.29. The van der Waals surface area contributed by atoms with Crippen LogP contribution in [-0.4, -0.2) is 40.3 Å². The molecular formula is C32H34N4O5S. The minimum Gasteiger partial charge on any atom is -0.465 e. The maximum Gasteiger partial charge on any atom is 0.413 e. The van der Waals surface area contributed by atoms with E-state index in [4.69, 9.17) is 4.74 Å². The van der Waals surface area contributed by atoms with Crippen LogP contribution in [0.3, 0.4) is 0 Å². The van der Waals surface area contributed by atoms with Crippen LogP contribution in [0.2, 0.25) is 0 Å². The van der Waals surface area contributed by atoms with E-state index in [0.717, 1.165) is 22.3 Å². The fourth-order valence-electron chi connectivity index (χ4n) is 4.32. The number of rotatable bonds is 8. The van der Waals surface area contributed by atoms with Gasteiger partial charge in [-0.2, -0.15) is 0 Å². The summed E-state index contributed by atoms with van der Waals surface area (Å²) in [5.41, 5.74) is 5.53. The molecule has 0 aliphatic heterocycles. The molecule has 0 fully saturated rings. The van der Waals surface area contributed by atoms with Gasteiger partial charge in [-0.05, 0) is 81.6 Å². The quantitative estimate of drug-likeness (QED) is 0.194. The van der Waals surface area contributed by atoms with Crippen molar-refractivity contribution in [3.05, 3.63) is 94.5 Å². The molecule has 218 valence electrons. The molecule has 10 heteroatoms. The Bertz CT molecular complexity index is 1570. The molecule has 0 aliphatic carbocycles. The molecule has 0 bridgehead atoms. The van der Waals surface area contributed by atoms with Crippen LogP contribution in [-0.2, 0) is 11.2 Å². The van der Waals surface area contributed by atoms with E-state index in [0.29, 0.717) is 34.2 Å². The van der Waals surface area contributed by atoms with Crippen molar-refractivity contribution in [3.8, 4) is 11.1 Å². The van der Waals surface area contributed by atoms with Crippen molar-refractivity contribution in [1.82, 2.24) is 4.98 Å². The molecule has 0 saturated carbocycles. The van der Waals surface area contributed by atoms with Gasteiger partial charge in [0.1, 0.15) is 5.60 Å². The summed E-state index contributed by atoms with van der Waals surface area (Å²) in [6.45, 7) is 9.46. The lowest BCUT2D eigenvalue weighted by molar-refractivity contribution is 0.0635. The number of benzene rings is 3. The zero-order chi connectivity index (χ0) is 30.4. The third kappa shape index (κ3) is 7.94. The first-order chi connectivity index (χ1) is 19.9. The Morgan fingerprint density at radius 2 is 1.64 bits per heavy atom. The van der Waals surface area contributed by atoms with Gasteiger partial charge < -0.3 is 15.2 Å². The lowest BCUT2D eigenvalue weighted by Crippen LogP contribution is -2.31. The molecule has 0 atom stereocenters. The Labute approximate surface area is 249 Å². The minimum atomic E-state index is -1.11. The monoisotopic (exact) mass is 586 g/mol. The molecule has 42 heavy (non-hydrogen) atoms. The van der Waals surface area contributed by atoms with E-state index in [1.54, 1.807) is 56.5 Å². The molecule has 9 nitrogen and oxygen atoms in total. The van der Waals surface area contributed by atoms with E-state index in [9.17, 15) is 19.5 Å². The Hall–Kier alpha value is -4.70. The SMILES string of the molecule is Cc1ccc(-c2c(C)cccc2C(=O)Nc2ccc(N(CCc3csc(NC(=O)OC(C)(C)C)n3)C(=O)O)cc2)cc1. The molecule has 4 rings (SSSR count). The summed E-state index contributed by atoms with van der Waals surface area (Å²) in [6, 6.07) is 20.3. The Kier molecular flexibility index (Phi) is 9.27. The van der Waals surface area contributed by atoms with Crippen LogP contribution < -0.4 is 15.5 Å². The van der Waals surface area contributed by atoms with Crippen molar-refractivity contribution in [2.45, 2.75) is 46.6 Å². The average Bonchev–Trinajstić information content (AvgIpc) is 3.35. The second kappa shape index (κ2) is 12.9. The maximum absolute atomic E-state index is 13.3. The van der Waals surface area contributed by atoms with Crippen molar-refractivity contribution in [2.75, 3.05) is 22.1 Å². The largest absolute Gasteiger partial charge is 0.465 e. The number of nitrogens with one attached hydrogen (secondary N) is 2. The summed E-state index contributed by atoms with van der Waals surface area (Å²) >= 11 is 1.24.